The Balaban J connectivity index is 1.65. The van der Waals surface area contributed by atoms with Crippen molar-refractivity contribution in [1.82, 2.24) is 19.9 Å². The fourth-order valence-electron chi connectivity index (χ4n) is 4.04. The summed E-state index contributed by atoms with van der Waals surface area (Å²) in [6, 6.07) is 9.34. The van der Waals surface area contributed by atoms with Crippen LogP contribution in [0.5, 0.6) is 11.5 Å². The van der Waals surface area contributed by atoms with Crippen LogP contribution < -0.4 is 10.3 Å². The van der Waals surface area contributed by atoms with Gasteiger partial charge in [-0.25, -0.2) is 14.8 Å². The van der Waals surface area contributed by atoms with Gasteiger partial charge >= 0.3 is 5.97 Å². The number of aromatic nitrogens is 4. The van der Waals surface area contributed by atoms with E-state index in [4.69, 9.17) is 4.74 Å². The number of imidazole rings is 1. The number of nitrogens with one attached hydrogen (secondary N) is 2. The van der Waals surface area contributed by atoms with Crippen LogP contribution in [-0.2, 0) is 0 Å². The van der Waals surface area contributed by atoms with Crippen molar-refractivity contribution in [2.45, 2.75) is 31.8 Å². The first kappa shape index (κ1) is 19.8. The van der Waals surface area contributed by atoms with Crippen LogP contribution in [0.2, 0.25) is 0 Å². The Morgan fingerprint density at radius 1 is 1.09 bits per heavy atom. The maximum absolute atomic E-state index is 12.4. The number of hydrogen-bond donors (Lipinski definition) is 4. The quantitative estimate of drug-likeness (QED) is 0.377. The topological polar surface area (TPSA) is 141 Å². The van der Waals surface area contributed by atoms with E-state index in [1.54, 1.807) is 18.2 Å². The second kappa shape index (κ2) is 7.84. The highest BCUT2D eigenvalue weighted by atomic mass is 16.5. The van der Waals surface area contributed by atoms with Gasteiger partial charge in [0.25, 0.3) is 5.56 Å². The van der Waals surface area contributed by atoms with Gasteiger partial charge in [0.1, 0.15) is 17.3 Å². The number of hydrogen-bond acceptors (Lipinski definition) is 6. The van der Waals surface area contributed by atoms with E-state index in [-0.39, 0.29) is 28.5 Å². The maximum Gasteiger partial charge on any atom is 0.335 e. The average molecular weight is 432 g/mol. The first-order valence-electron chi connectivity index (χ1n) is 10.3. The smallest absolute Gasteiger partial charge is 0.335 e. The molecule has 4 aromatic rings. The largest absolute Gasteiger partial charge is 0.507 e. The molecule has 1 aliphatic rings. The van der Waals surface area contributed by atoms with Gasteiger partial charge < -0.3 is 24.9 Å². The molecule has 1 fully saturated rings. The molecule has 0 aliphatic heterocycles. The van der Waals surface area contributed by atoms with Crippen LogP contribution in [0, 0.1) is 0 Å². The lowest BCUT2D eigenvalue weighted by Crippen LogP contribution is -2.13. The summed E-state index contributed by atoms with van der Waals surface area (Å²) in [5.41, 5.74) is 1.84. The number of aromatic carboxylic acids is 1. The molecule has 0 amide bonds. The average Bonchev–Trinajstić information content (AvgIpc) is 3.46. The number of ether oxygens (including phenoxy) is 1. The van der Waals surface area contributed by atoms with Crippen LogP contribution in [0.15, 0.2) is 47.5 Å². The zero-order valence-corrected chi connectivity index (χ0v) is 17.0. The summed E-state index contributed by atoms with van der Waals surface area (Å²) in [4.78, 5) is 37.9. The van der Waals surface area contributed by atoms with E-state index in [1.165, 1.54) is 24.5 Å². The molecule has 1 aliphatic carbocycles. The predicted octanol–water partition coefficient (Wildman–Crippen LogP) is 3.71. The van der Waals surface area contributed by atoms with E-state index >= 15 is 0 Å². The summed E-state index contributed by atoms with van der Waals surface area (Å²) < 4.78 is 6.29. The molecule has 9 nitrogen and oxygen atoms in total. The number of rotatable bonds is 5. The van der Waals surface area contributed by atoms with Crippen molar-refractivity contribution in [3.8, 4) is 34.0 Å². The number of carboxylic acid groups (broad SMARTS) is 1. The molecule has 0 radical (unpaired) electrons. The molecule has 4 N–H and O–H groups in total. The first-order chi connectivity index (χ1) is 15.5. The summed E-state index contributed by atoms with van der Waals surface area (Å²) in [5.74, 6) is -0.300. The minimum absolute atomic E-state index is 0.0329. The third-order valence-electron chi connectivity index (χ3n) is 5.68. The van der Waals surface area contributed by atoms with Gasteiger partial charge in [-0.15, -0.1) is 0 Å². The van der Waals surface area contributed by atoms with Crippen molar-refractivity contribution in [2.75, 3.05) is 0 Å². The van der Waals surface area contributed by atoms with Crippen LogP contribution in [0.4, 0.5) is 0 Å². The molecule has 0 spiro atoms. The minimum atomic E-state index is -1.08. The standard InChI is InChI=1S/C23H20N4O5/c28-17-8-6-13(23(30)31)9-16(17)12-5-7-15(18(10-12)32-14-3-1-2-4-14)20-26-21-19(22(29)27-20)24-11-25-21/h5-11,14,28H,1-4H2,(H,30,31)(H2,24,25,26,27,29). The Hall–Kier alpha value is -4.14. The van der Waals surface area contributed by atoms with Gasteiger partial charge in [0, 0.05) is 5.56 Å². The molecule has 0 atom stereocenters. The first-order valence-corrected chi connectivity index (χ1v) is 10.3. The van der Waals surface area contributed by atoms with Crippen LogP contribution in [0.3, 0.4) is 0 Å². The van der Waals surface area contributed by atoms with Crippen molar-refractivity contribution in [1.29, 1.82) is 0 Å². The number of benzene rings is 2. The molecule has 9 heteroatoms. The molecule has 0 unspecified atom stereocenters. The van der Waals surface area contributed by atoms with Crippen LogP contribution in [-0.4, -0.2) is 42.2 Å². The lowest BCUT2D eigenvalue weighted by atomic mass is 9.99. The molecule has 32 heavy (non-hydrogen) atoms. The lowest BCUT2D eigenvalue weighted by molar-refractivity contribution is 0.0697. The van der Waals surface area contributed by atoms with Crippen molar-refractivity contribution < 1.29 is 19.7 Å². The normalized spacial score (nSPS) is 14.1. The number of aromatic hydroxyl groups is 1. The van der Waals surface area contributed by atoms with Gasteiger partial charge in [0.05, 0.1) is 23.6 Å². The van der Waals surface area contributed by atoms with E-state index in [1.807, 2.05) is 0 Å². The van der Waals surface area contributed by atoms with Gasteiger partial charge in [-0.2, -0.15) is 0 Å². The second-order valence-corrected chi connectivity index (χ2v) is 7.79. The number of carboxylic acids is 1. The third kappa shape index (κ3) is 3.58. The number of fused-ring (bicyclic) bond motifs is 1. The summed E-state index contributed by atoms with van der Waals surface area (Å²) in [6.45, 7) is 0. The minimum Gasteiger partial charge on any atom is -0.507 e. The number of phenolic OH excluding ortho intramolecular Hbond substituents is 1. The lowest BCUT2D eigenvalue weighted by Gasteiger charge is -2.18. The van der Waals surface area contributed by atoms with Gasteiger partial charge in [-0.05, 0) is 61.6 Å². The SMILES string of the molecule is O=C(O)c1ccc(O)c(-c2ccc(-c3nc4[nH]cnc4c(=O)[nH]3)c(OC3CCCC3)c2)c1. The summed E-state index contributed by atoms with van der Waals surface area (Å²) >= 11 is 0. The summed E-state index contributed by atoms with van der Waals surface area (Å²) in [5, 5.41) is 19.7. The summed E-state index contributed by atoms with van der Waals surface area (Å²) in [6.07, 6.45) is 5.45. The second-order valence-electron chi connectivity index (χ2n) is 7.79. The highest BCUT2D eigenvalue weighted by molar-refractivity contribution is 5.91. The van der Waals surface area contributed by atoms with Gasteiger partial charge in [0.15, 0.2) is 11.2 Å². The number of aromatic amines is 2. The fourth-order valence-corrected chi connectivity index (χ4v) is 4.04. The Morgan fingerprint density at radius 3 is 2.69 bits per heavy atom. The van der Waals surface area contributed by atoms with Crippen molar-refractivity contribution in [3.05, 3.63) is 58.6 Å². The van der Waals surface area contributed by atoms with E-state index in [2.05, 4.69) is 19.9 Å². The van der Waals surface area contributed by atoms with Crippen molar-refractivity contribution in [2.24, 2.45) is 0 Å². The van der Waals surface area contributed by atoms with E-state index in [0.717, 1.165) is 25.7 Å². The van der Waals surface area contributed by atoms with Gasteiger partial charge in [0.2, 0.25) is 0 Å². The molecule has 1 saturated carbocycles. The zero-order chi connectivity index (χ0) is 22.2. The van der Waals surface area contributed by atoms with Crippen LogP contribution in [0.1, 0.15) is 36.0 Å². The highest BCUT2D eigenvalue weighted by Gasteiger charge is 2.21. The molecular formula is C23H20N4O5. The number of nitrogens with zero attached hydrogens (tertiary/aromatic N) is 2. The Bertz CT molecular complexity index is 1380. The molecule has 162 valence electrons. The number of phenols is 1. The van der Waals surface area contributed by atoms with E-state index in [0.29, 0.717) is 33.9 Å². The fraction of sp³-hybridized carbons (Fsp3) is 0.217. The van der Waals surface area contributed by atoms with Gasteiger partial charge in [-0.1, -0.05) is 6.07 Å². The third-order valence-corrected chi connectivity index (χ3v) is 5.68. The number of H-pyrrole nitrogens is 2. The monoisotopic (exact) mass is 432 g/mol. The van der Waals surface area contributed by atoms with Crippen LogP contribution in [0.25, 0.3) is 33.7 Å². The highest BCUT2D eigenvalue weighted by Crippen LogP contribution is 2.38. The Kier molecular flexibility index (Phi) is 4.85. The summed E-state index contributed by atoms with van der Waals surface area (Å²) in [7, 11) is 0. The Morgan fingerprint density at radius 2 is 1.91 bits per heavy atom. The molecule has 0 saturated heterocycles. The van der Waals surface area contributed by atoms with E-state index < -0.39 is 5.97 Å². The Labute approximate surface area is 181 Å². The molecule has 2 aromatic carbocycles. The molecular weight excluding hydrogens is 412 g/mol. The number of carbonyl (C=O) groups is 1. The van der Waals surface area contributed by atoms with Crippen molar-refractivity contribution in [3.63, 3.8) is 0 Å². The zero-order valence-electron chi connectivity index (χ0n) is 17.0. The molecule has 0 bridgehead atoms. The predicted molar refractivity (Wildman–Crippen MR) is 117 cm³/mol. The van der Waals surface area contributed by atoms with E-state index in [9.17, 15) is 19.8 Å². The maximum atomic E-state index is 12.4. The molecule has 2 heterocycles. The molecule has 5 rings (SSSR count). The van der Waals surface area contributed by atoms with Gasteiger partial charge in [-0.3, -0.25) is 4.79 Å². The van der Waals surface area contributed by atoms with Crippen LogP contribution >= 0.6 is 0 Å². The molecule has 2 aromatic heterocycles. The van der Waals surface area contributed by atoms with Crippen molar-refractivity contribution >= 4 is 17.1 Å².